The first kappa shape index (κ1) is 17.2. The van der Waals surface area contributed by atoms with Crippen LogP contribution in [0.4, 0.5) is 0 Å². The highest BCUT2D eigenvalue weighted by Gasteiger charge is 2.13. The second-order valence-electron chi connectivity index (χ2n) is 5.19. The van der Waals surface area contributed by atoms with Crippen molar-refractivity contribution in [2.45, 2.75) is 40.0 Å². The van der Waals surface area contributed by atoms with Crippen molar-refractivity contribution in [2.75, 3.05) is 7.11 Å². The molecule has 0 spiro atoms. The van der Waals surface area contributed by atoms with Gasteiger partial charge in [0.05, 0.1) is 7.11 Å². The van der Waals surface area contributed by atoms with Gasteiger partial charge in [0.25, 0.3) is 0 Å². The highest BCUT2D eigenvalue weighted by molar-refractivity contribution is 5.82. The summed E-state index contributed by atoms with van der Waals surface area (Å²) in [5, 5.41) is 0. The van der Waals surface area contributed by atoms with E-state index in [-0.39, 0.29) is 5.97 Å². The normalized spacial score (nSPS) is 12.9. The fourth-order valence-electron chi connectivity index (χ4n) is 1.77. The van der Waals surface area contributed by atoms with Crippen LogP contribution in [0.2, 0.25) is 0 Å². The van der Waals surface area contributed by atoms with E-state index in [2.05, 4.69) is 37.5 Å². The zero-order valence-electron chi connectivity index (χ0n) is 12.4. The quantitative estimate of drug-likeness (QED) is 0.299. The average Bonchev–Trinajstić information content (AvgIpc) is 2.35. The van der Waals surface area contributed by atoms with Crippen LogP contribution in [0.3, 0.4) is 0 Å². The van der Waals surface area contributed by atoms with E-state index in [1.54, 1.807) is 12.2 Å². The summed E-state index contributed by atoms with van der Waals surface area (Å²) in [5.74, 6) is 2.08. The van der Waals surface area contributed by atoms with Crippen LogP contribution in [-0.4, -0.2) is 13.1 Å². The van der Waals surface area contributed by atoms with Crippen LogP contribution >= 0.6 is 0 Å². The number of methoxy groups -OCH3 is 1. The molecular weight excluding hydrogens is 236 g/mol. The third kappa shape index (κ3) is 8.90. The van der Waals surface area contributed by atoms with Crippen LogP contribution < -0.4 is 0 Å². The van der Waals surface area contributed by atoms with Crippen molar-refractivity contribution in [1.29, 1.82) is 0 Å². The van der Waals surface area contributed by atoms with Gasteiger partial charge in [-0.05, 0) is 36.0 Å². The van der Waals surface area contributed by atoms with Crippen molar-refractivity contribution in [3.05, 3.63) is 36.0 Å². The molecule has 0 atom stereocenters. The lowest BCUT2D eigenvalue weighted by atomic mass is 9.84. The Morgan fingerprint density at radius 3 is 2.53 bits per heavy atom. The fraction of sp³-hybridized carbons (Fsp3) is 0.471. The number of hydrogen-bond acceptors (Lipinski definition) is 2. The van der Waals surface area contributed by atoms with E-state index in [4.69, 9.17) is 6.42 Å². The zero-order valence-corrected chi connectivity index (χ0v) is 12.4. The lowest BCUT2D eigenvalue weighted by Gasteiger charge is -2.21. The Bertz CT molecular complexity index is 403. The lowest BCUT2D eigenvalue weighted by molar-refractivity contribution is -0.134. The first-order valence-corrected chi connectivity index (χ1v) is 6.54. The van der Waals surface area contributed by atoms with Gasteiger partial charge in [0.2, 0.25) is 0 Å². The number of allylic oxidation sites excluding steroid dienone is 5. The van der Waals surface area contributed by atoms with E-state index in [1.165, 1.54) is 26.0 Å². The zero-order chi connectivity index (χ0) is 14.7. The summed E-state index contributed by atoms with van der Waals surface area (Å²) in [6.45, 7) is 6.68. The summed E-state index contributed by atoms with van der Waals surface area (Å²) < 4.78 is 4.54. The van der Waals surface area contributed by atoms with Crippen molar-refractivity contribution >= 4 is 5.97 Å². The van der Waals surface area contributed by atoms with Gasteiger partial charge in [-0.25, -0.2) is 4.79 Å². The Morgan fingerprint density at radius 1 is 1.32 bits per heavy atom. The number of esters is 1. The van der Waals surface area contributed by atoms with Crippen LogP contribution in [0, 0.1) is 17.8 Å². The Hall–Kier alpha value is -1.75. The highest BCUT2D eigenvalue weighted by atomic mass is 16.5. The maximum Gasteiger partial charge on any atom is 0.330 e. The molecule has 0 aromatic rings. The van der Waals surface area contributed by atoms with Crippen molar-refractivity contribution in [3.63, 3.8) is 0 Å². The molecule has 0 saturated carbocycles. The van der Waals surface area contributed by atoms with Gasteiger partial charge in [0, 0.05) is 6.08 Å². The summed E-state index contributed by atoms with van der Waals surface area (Å²) >= 11 is 0. The fourth-order valence-corrected chi connectivity index (χ4v) is 1.77. The van der Waals surface area contributed by atoms with Gasteiger partial charge >= 0.3 is 5.97 Å². The van der Waals surface area contributed by atoms with Crippen LogP contribution in [0.25, 0.3) is 0 Å². The van der Waals surface area contributed by atoms with E-state index in [1.807, 2.05) is 6.08 Å². The van der Waals surface area contributed by atoms with Crippen LogP contribution in [0.15, 0.2) is 36.0 Å². The standard InChI is InChI=1S/C17H24O2/c1-6-9-15(11-12-16(18)19-5)10-8-14-17(3,4)13-7-2/h1,8-12H,7,13-14H2,2-5H3/b10-8-,12-11+,15-9+. The van der Waals surface area contributed by atoms with E-state index >= 15 is 0 Å². The van der Waals surface area contributed by atoms with Gasteiger partial charge in [0.15, 0.2) is 0 Å². The first-order valence-electron chi connectivity index (χ1n) is 6.54. The summed E-state index contributed by atoms with van der Waals surface area (Å²) in [4.78, 5) is 11.0. The molecule has 0 amide bonds. The van der Waals surface area contributed by atoms with Gasteiger partial charge in [-0.15, -0.1) is 6.42 Å². The van der Waals surface area contributed by atoms with Crippen molar-refractivity contribution < 1.29 is 9.53 Å². The second kappa shape index (κ2) is 9.22. The molecule has 0 N–H and O–H groups in total. The number of ether oxygens (including phenoxy) is 1. The molecule has 0 aromatic heterocycles. The van der Waals surface area contributed by atoms with Crippen LogP contribution in [0.1, 0.15) is 40.0 Å². The van der Waals surface area contributed by atoms with E-state index in [0.29, 0.717) is 5.41 Å². The molecular formula is C17H24O2. The van der Waals surface area contributed by atoms with Crippen LogP contribution in [0.5, 0.6) is 0 Å². The monoisotopic (exact) mass is 260 g/mol. The third-order valence-electron chi connectivity index (χ3n) is 2.77. The predicted molar refractivity (Wildman–Crippen MR) is 80.5 cm³/mol. The van der Waals surface area contributed by atoms with Gasteiger partial charge in [-0.1, -0.05) is 45.3 Å². The molecule has 0 unspecified atom stereocenters. The highest BCUT2D eigenvalue weighted by Crippen LogP contribution is 2.27. The predicted octanol–water partition coefficient (Wildman–Crippen LogP) is 4.05. The Kier molecular flexibility index (Phi) is 8.37. The van der Waals surface area contributed by atoms with Gasteiger partial charge in [-0.3, -0.25) is 0 Å². The lowest BCUT2D eigenvalue weighted by Crippen LogP contribution is -2.08. The van der Waals surface area contributed by atoms with Gasteiger partial charge < -0.3 is 4.74 Å². The molecule has 2 heteroatoms. The maximum absolute atomic E-state index is 11.0. The molecule has 104 valence electrons. The minimum Gasteiger partial charge on any atom is -0.466 e. The largest absolute Gasteiger partial charge is 0.466 e. The van der Waals surface area contributed by atoms with E-state index < -0.39 is 0 Å². The third-order valence-corrected chi connectivity index (χ3v) is 2.77. The summed E-state index contributed by atoms with van der Waals surface area (Å²) in [5.41, 5.74) is 1.11. The van der Waals surface area contributed by atoms with Crippen molar-refractivity contribution in [3.8, 4) is 12.3 Å². The summed E-state index contributed by atoms with van der Waals surface area (Å²) in [6, 6.07) is 0. The molecule has 0 radical (unpaired) electrons. The van der Waals surface area contributed by atoms with Crippen molar-refractivity contribution in [2.24, 2.45) is 5.41 Å². The number of terminal acetylenes is 1. The second-order valence-corrected chi connectivity index (χ2v) is 5.19. The Labute approximate surface area is 117 Å². The van der Waals surface area contributed by atoms with E-state index in [9.17, 15) is 4.79 Å². The molecule has 0 aromatic carbocycles. The molecule has 0 aliphatic rings. The SMILES string of the molecule is C#C/C=C(\C=C/CC(C)(C)CCC)/C=C/C(=O)OC. The molecule has 19 heavy (non-hydrogen) atoms. The van der Waals surface area contributed by atoms with Crippen molar-refractivity contribution in [1.82, 2.24) is 0 Å². The minimum atomic E-state index is -0.386. The maximum atomic E-state index is 11.0. The minimum absolute atomic E-state index is 0.290. The first-order chi connectivity index (χ1) is 8.95. The van der Waals surface area contributed by atoms with E-state index in [0.717, 1.165) is 12.0 Å². The number of carbonyl (C=O) groups is 1. The summed E-state index contributed by atoms with van der Waals surface area (Å²) in [7, 11) is 1.35. The molecule has 0 aliphatic heterocycles. The molecule has 2 nitrogen and oxygen atoms in total. The number of carbonyl (C=O) groups excluding carboxylic acids is 1. The molecule has 0 rings (SSSR count). The molecule has 0 bridgehead atoms. The number of rotatable bonds is 7. The Balaban J connectivity index is 4.62. The summed E-state index contributed by atoms with van der Waals surface area (Å²) in [6.07, 6.45) is 17.3. The molecule has 0 heterocycles. The Morgan fingerprint density at radius 2 is 2.00 bits per heavy atom. The van der Waals surface area contributed by atoms with Gasteiger partial charge in [-0.2, -0.15) is 0 Å². The average molecular weight is 260 g/mol. The van der Waals surface area contributed by atoms with Crippen LogP contribution in [-0.2, 0) is 9.53 Å². The number of hydrogen-bond donors (Lipinski definition) is 0. The molecule has 0 saturated heterocycles. The molecule has 0 aliphatic carbocycles. The smallest absolute Gasteiger partial charge is 0.330 e. The molecule has 0 fully saturated rings. The topological polar surface area (TPSA) is 26.3 Å². The van der Waals surface area contributed by atoms with Gasteiger partial charge in [0.1, 0.15) is 0 Å².